The van der Waals surface area contributed by atoms with E-state index in [9.17, 15) is 13.4 Å². The third kappa shape index (κ3) is 3.46. The Morgan fingerprint density at radius 1 is 1.16 bits per heavy atom. The number of halogens is 1. The quantitative estimate of drug-likeness (QED) is 0.841. The standard InChI is InChI=1S/C20H17FO3S/c1-12-17(9-13-3-6-15(7-4-13)25(2)24)16-8-5-14(21)10-19(16)18(12)11-20(22)23/h3-8,10-11H,9H2,1-2H3,(H,22,23)/b18-11+. The second kappa shape index (κ2) is 6.76. The van der Waals surface area contributed by atoms with Crippen molar-refractivity contribution < 1.29 is 18.5 Å². The Bertz CT molecular complexity index is 940. The average molecular weight is 356 g/mol. The Balaban J connectivity index is 2.04. The highest BCUT2D eigenvalue weighted by molar-refractivity contribution is 7.84. The second-order valence-electron chi connectivity index (χ2n) is 5.96. The number of rotatable bonds is 4. The lowest BCUT2D eigenvalue weighted by Crippen LogP contribution is -1.93. The Morgan fingerprint density at radius 2 is 1.84 bits per heavy atom. The maximum atomic E-state index is 13.7. The highest BCUT2D eigenvalue weighted by atomic mass is 32.2. The molecule has 0 heterocycles. The number of fused-ring (bicyclic) bond motifs is 1. The molecule has 0 amide bonds. The van der Waals surface area contributed by atoms with Gasteiger partial charge in [-0.3, -0.25) is 4.21 Å². The minimum Gasteiger partial charge on any atom is -0.478 e. The number of carboxylic acids is 1. The number of carboxylic acid groups (broad SMARTS) is 1. The zero-order valence-electron chi connectivity index (χ0n) is 13.9. The van der Waals surface area contributed by atoms with Gasteiger partial charge in [0.2, 0.25) is 0 Å². The Hall–Kier alpha value is -2.53. The van der Waals surface area contributed by atoms with Crippen LogP contribution < -0.4 is 0 Å². The Morgan fingerprint density at radius 3 is 2.44 bits per heavy atom. The highest BCUT2D eigenvalue weighted by Gasteiger charge is 2.25. The van der Waals surface area contributed by atoms with Crippen molar-refractivity contribution in [3.63, 3.8) is 0 Å². The van der Waals surface area contributed by atoms with Crippen molar-refractivity contribution in [3.05, 3.63) is 76.6 Å². The first kappa shape index (κ1) is 17.3. The van der Waals surface area contributed by atoms with Crippen LogP contribution in [0.2, 0.25) is 0 Å². The molecule has 0 aliphatic heterocycles. The van der Waals surface area contributed by atoms with Crippen LogP contribution in [0.1, 0.15) is 23.6 Å². The summed E-state index contributed by atoms with van der Waals surface area (Å²) in [6.45, 7) is 1.86. The fourth-order valence-electron chi connectivity index (χ4n) is 3.11. The van der Waals surface area contributed by atoms with Crippen LogP contribution in [-0.2, 0) is 22.0 Å². The molecule has 0 radical (unpaired) electrons. The normalized spacial score (nSPS) is 16.2. The monoisotopic (exact) mass is 356 g/mol. The van der Waals surface area contributed by atoms with Gasteiger partial charge < -0.3 is 5.11 Å². The van der Waals surface area contributed by atoms with E-state index in [4.69, 9.17) is 5.11 Å². The molecule has 1 atom stereocenters. The van der Waals surface area contributed by atoms with Crippen molar-refractivity contribution in [1.29, 1.82) is 0 Å². The summed E-state index contributed by atoms with van der Waals surface area (Å²) in [4.78, 5) is 11.9. The molecule has 5 heteroatoms. The van der Waals surface area contributed by atoms with Gasteiger partial charge in [-0.1, -0.05) is 18.2 Å². The summed E-state index contributed by atoms with van der Waals surface area (Å²) in [7, 11) is -1.03. The second-order valence-corrected chi connectivity index (χ2v) is 7.34. The number of aliphatic carboxylic acids is 1. The van der Waals surface area contributed by atoms with E-state index in [-0.39, 0.29) is 5.82 Å². The third-order valence-corrected chi connectivity index (χ3v) is 5.29. The predicted octanol–water partition coefficient (Wildman–Crippen LogP) is 4.06. The molecule has 1 unspecified atom stereocenters. The SMILES string of the molecule is CC1=C(Cc2ccc(S(C)=O)cc2)c2ccc(F)cc2/C1=C/C(=O)O. The summed E-state index contributed by atoms with van der Waals surface area (Å²) in [5.41, 5.74) is 4.86. The molecule has 1 N–H and O–H groups in total. The number of hydrogen-bond acceptors (Lipinski definition) is 2. The van der Waals surface area contributed by atoms with E-state index < -0.39 is 16.8 Å². The van der Waals surface area contributed by atoms with Crippen molar-refractivity contribution in [3.8, 4) is 0 Å². The van der Waals surface area contributed by atoms with Crippen LogP contribution >= 0.6 is 0 Å². The largest absolute Gasteiger partial charge is 0.478 e. The number of carbonyl (C=O) groups is 1. The fraction of sp³-hybridized carbons (Fsp3) is 0.150. The van der Waals surface area contributed by atoms with Gasteiger partial charge in [-0.2, -0.15) is 0 Å². The number of benzene rings is 2. The van der Waals surface area contributed by atoms with Gasteiger partial charge in [0, 0.05) is 28.0 Å². The molecule has 0 bridgehead atoms. The summed E-state index contributed by atoms with van der Waals surface area (Å²) in [6, 6.07) is 12.0. The van der Waals surface area contributed by atoms with Crippen LogP contribution in [0, 0.1) is 5.82 Å². The summed E-state index contributed by atoms with van der Waals surface area (Å²) in [6.07, 6.45) is 3.36. The van der Waals surface area contributed by atoms with Gasteiger partial charge in [0.05, 0.1) is 0 Å². The summed E-state index contributed by atoms with van der Waals surface area (Å²) in [5, 5.41) is 9.12. The Kier molecular flexibility index (Phi) is 4.68. The minimum atomic E-state index is -1.06. The molecule has 0 saturated carbocycles. The van der Waals surface area contributed by atoms with Gasteiger partial charge in [0.1, 0.15) is 5.82 Å². The molecule has 1 aliphatic carbocycles. The lowest BCUT2D eigenvalue weighted by atomic mass is 9.98. The molecule has 3 nitrogen and oxygen atoms in total. The molecule has 0 fully saturated rings. The maximum Gasteiger partial charge on any atom is 0.328 e. The van der Waals surface area contributed by atoms with E-state index in [1.165, 1.54) is 12.1 Å². The van der Waals surface area contributed by atoms with E-state index in [1.807, 2.05) is 31.2 Å². The molecule has 0 saturated heterocycles. The molecular weight excluding hydrogens is 339 g/mol. The number of allylic oxidation sites excluding steroid dienone is 3. The fourth-order valence-corrected chi connectivity index (χ4v) is 3.63. The van der Waals surface area contributed by atoms with Gasteiger partial charge in [-0.25, -0.2) is 9.18 Å². The molecule has 0 spiro atoms. The first-order chi connectivity index (χ1) is 11.9. The van der Waals surface area contributed by atoms with Crippen LogP contribution in [0.5, 0.6) is 0 Å². The zero-order chi connectivity index (χ0) is 18.1. The Labute approximate surface area is 148 Å². The molecule has 2 aromatic carbocycles. The summed E-state index contributed by atoms with van der Waals surface area (Å²) >= 11 is 0. The first-order valence-electron chi connectivity index (χ1n) is 7.74. The van der Waals surface area contributed by atoms with Crippen LogP contribution in [0.15, 0.2) is 59.0 Å². The third-order valence-electron chi connectivity index (χ3n) is 4.36. The lowest BCUT2D eigenvalue weighted by molar-refractivity contribution is -0.131. The molecule has 2 aromatic rings. The van der Waals surface area contributed by atoms with Gasteiger partial charge in [-0.15, -0.1) is 0 Å². The topological polar surface area (TPSA) is 54.4 Å². The summed E-state index contributed by atoms with van der Waals surface area (Å²) in [5.74, 6) is -1.44. The van der Waals surface area contributed by atoms with Crippen molar-refractivity contribution in [2.75, 3.05) is 6.26 Å². The van der Waals surface area contributed by atoms with Gasteiger partial charge in [0.15, 0.2) is 0 Å². The van der Waals surface area contributed by atoms with Gasteiger partial charge in [0.25, 0.3) is 0 Å². The highest BCUT2D eigenvalue weighted by Crippen LogP contribution is 2.42. The molecule has 25 heavy (non-hydrogen) atoms. The van der Waals surface area contributed by atoms with Crippen molar-refractivity contribution in [2.24, 2.45) is 0 Å². The van der Waals surface area contributed by atoms with Crippen LogP contribution in [0.3, 0.4) is 0 Å². The van der Waals surface area contributed by atoms with Crippen molar-refractivity contribution in [1.82, 2.24) is 0 Å². The van der Waals surface area contributed by atoms with Gasteiger partial charge >= 0.3 is 5.97 Å². The van der Waals surface area contributed by atoms with Crippen LogP contribution in [0.25, 0.3) is 11.1 Å². The van der Waals surface area contributed by atoms with Crippen LogP contribution in [0.4, 0.5) is 4.39 Å². The van der Waals surface area contributed by atoms with Crippen LogP contribution in [-0.4, -0.2) is 21.5 Å². The molecule has 128 valence electrons. The maximum absolute atomic E-state index is 13.7. The summed E-state index contributed by atoms with van der Waals surface area (Å²) < 4.78 is 25.1. The van der Waals surface area contributed by atoms with Gasteiger partial charge in [-0.05, 0) is 71.0 Å². The smallest absolute Gasteiger partial charge is 0.328 e. The molecular formula is C20H17FO3S. The van der Waals surface area contributed by atoms with E-state index in [1.54, 1.807) is 12.3 Å². The van der Waals surface area contributed by atoms with Crippen molar-refractivity contribution in [2.45, 2.75) is 18.2 Å². The average Bonchev–Trinajstić information content (AvgIpc) is 2.80. The molecule has 1 aliphatic rings. The zero-order valence-corrected chi connectivity index (χ0v) is 14.7. The van der Waals surface area contributed by atoms with E-state index >= 15 is 0 Å². The molecule has 0 aromatic heterocycles. The number of hydrogen-bond donors (Lipinski definition) is 1. The predicted molar refractivity (Wildman–Crippen MR) is 97.1 cm³/mol. The van der Waals surface area contributed by atoms with E-state index in [0.717, 1.165) is 33.2 Å². The van der Waals surface area contributed by atoms with E-state index in [0.29, 0.717) is 17.6 Å². The van der Waals surface area contributed by atoms with E-state index in [2.05, 4.69) is 0 Å². The lowest BCUT2D eigenvalue weighted by Gasteiger charge is -2.07. The minimum absolute atomic E-state index is 0.390. The van der Waals surface area contributed by atoms with Crippen molar-refractivity contribution >= 4 is 27.9 Å². The molecule has 3 rings (SSSR count). The first-order valence-corrected chi connectivity index (χ1v) is 9.30.